The highest BCUT2D eigenvalue weighted by Gasteiger charge is 2.10. The number of thiocarbonyl (C=S) groups is 1. The van der Waals surface area contributed by atoms with Crippen LogP contribution in [0.3, 0.4) is 0 Å². The molecule has 2 nitrogen and oxygen atoms in total. The van der Waals surface area contributed by atoms with Gasteiger partial charge >= 0.3 is 0 Å². The first-order valence-electron chi connectivity index (χ1n) is 4.14. The van der Waals surface area contributed by atoms with Crippen LogP contribution in [0.25, 0.3) is 0 Å². The molecular formula is C8H13NOS2. The zero-order valence-corrected chi connectivity index (χ0v) is 8.84. The Morgan fingerprint density at radius 1 is 1.58 bits per heavy atom. The minimum atomic E-state index is 0.778. The van der Waals surface area contributed by atoms with E-state index in [1.54, 1.807) is 11.8 Å². The fourth-order valence-corrected chi connectivity index (χ4v) is 1.90. The van der Waals surface area contributed by atoms with Crippen molar-refractivity contribution in [2.45, 2.75) is 19.8 Å². The fourth-order valence-electron chi connectivity index (χ4n) is 0.903. The van der Waals surface area contributed by atoms with Gasteiger partial charge in [0.05, 0.1) is 6.61 Å². The normalized spacial score (nSPS) is 16.8. The van der Waals surface area contributed by atoms with Gasteiger partial charge in [-0.3, -0.25) is 0 Å². The molecule has 0 N–H and O–H groups in total. The van der Waals surface area contributed by atoms with Crippen molar-refractivity contribution in [1.29, 1.82) is 0 Å². The van der Waals surface area contributed by atoms with E-state index >= 15 is 0 Å². The molecule has 0 radical (unpaired) electrons. The molecule has 0 aromatic heterocycles. The van der Waals surface area contributed by atoms with E-state index in [2.05, 4.69) is 11.9 Å². The van der Waals surface area contributed by atoms with Crippen molar-refractivity contribution >= 4 is 34.0 Å². The zero-order chi connectivity index (χ0) is 8.81. The number of hydrogen-bond acceptors (Lipinski definition) is 3. The quantitative estimate of drug-likeness (QED) is 0.505. The predicted octanol–water partition coefficient (Wildman–Crippen LogP) is 2.28. The van der Waals surface area contributed by atoms with E-state index in [9.17, 15) is 0 Å². The van der Waals surface area contributed by atoms with Crippen molar-refractivity contribution in [3.8, 4) is 0 Å². The van der Waals surface area contributed by atoms with Crippen LogP contribution in [0.1, 0.15) is 19.8 Å². The second-order valence-corrected chi connectivity index (χ2v) is 4.20. The van der Waals surface area contributed by atoms with Gasteiger partial charge in [0, 0.05) is 24.5 Å². The van der Waals surface area contributed by atoms with Gasteiger partial charge in [-0.05, 0) is 6.42 Å². The van der Waals surface area contributed by atoms with Gasteiger partial charge in [0.1, 0.15) is 0 Å². The summed E-state index contributed by atoms with van der Waals surface area (Å²) in [5.74, 6) is 0.967. The van der Waals surface area contributed by atoms with Crippen LogP contribution in [-0.2, 0) is 4.74 Å². The van der Waals surface area contributed by atoms with Crippen LogP contribution in [0.2, 0.25) is 0 Å². The Hall–Kier alpha value is 0.0700. The lowest BCUT2D eigenvalue weighted by Crippen LogP contribution is -2.04. The Bertz CT molecular complexity index is 191. The van der Waals surface area contributed by atoms with Gasteiger partial charge in [-0.1, -0.05) is 30.9 Å². The topological polar surface area (TPSA) is 21.6 Å². The predicted molar refractivity (Wildman–Crippen MR) is 58.2 cm³/mol. The molecule has 0 saturated heterocycles. The number of nitrogens with zero attached hydrogens (tertiary/aromatic N) is 1. The summed E-state index contributed by atoms with van der Waals surface area (Å²) in [6.45, 7) is 3.75. The van der Waals surface area contributed by atoms with Gasteiger partial charge in [-0.15, -0.1) is 0 Å². The monoisotopic (exact) mass is 203 g/mol. The zero-order valence-electron chi connectivity index (χ0n) is 7.21. The maximum atomic E-state index is 5.35. The maximum Gasteiger partial charge on any atom is 0.160 e. The smallest absolute Gasteiger partial charge is 0.160 e. The lowest BCUT2D eigenvalue weighted by atomic mass is 10.3. The minimum absolute atomic E-state index is 0.778. The average Bonchev–Trinajstić information content (AvgIpc) is 2.45. The standard InChI is InChI=1S/C8H13NOS2/c1-2-4-10-5-3-7-6-12-8(11)9-7/h2-6H2,1H3. The van der Waals surface area contributed by atoms with E-state index in [4.69, 9.17) is 17.0 Å². The summed E-state index contributed by atoms with van der Waals surface area (Å²) < 4.78 is 6.12. The van der Waals surface area contributed by atoms with Crippen molar-refractivity contribution < 1.29 is 4.74 Å². The molecule has 0 unspecified atom stereocenters. The first kappa shape index (κ1) is 10.2. The molecule has 1 heterocycles. The molecule has 4 heteroatoms. The van der Waals surface area contributed by atoms with Crippen molar-refractivity contribution in [1.82, 2.24) is 0 Å². The maximum absolute atomic E-state index is 5.35. The second kappa shape index (κ2) is 5.67. The number of aliphatic imine (C=N–C) groups is 1. The van der Waals surface area contributed by atoms with Crippen molar-refractivity contribution in [3.05, 3.63) is 0 Å². The molecule has 0 bridgehead atoms. The van der Waals surface area contributed by atoms with Gasteiger partial charge < -0.3 is 4.74 Å². The van der Waals surface area contributed by atoms with Crippen LogP contribution in [-0.4, -0.2) is 29.0 Å². The van der Waals surface area contributed by atoms with Crippen LogP contribution in [0.15, 0.2) is 4.99 Å². The molecule has 1 rings (SSSR count). The largest absolute Gasteiger partial charge is 0.381 e. The molecule has 1 aliphatic rings. The molecule has 0 aliphatic carbocycles. The Labute approximate surface area is 82.8 Å². The van der Waals surface area contributed by atoms with Crippen molar-refractivity contribution in [2.24, 2.45) is 4.99 Å². The molecule has 0 fully saturated rings. The lowest BCUT2D eigenvalue weighted by molar-refractivity contribution is 0.142. The first-order valence-corrected chi connectivity index (χ1v) is 5.53. The van der Waals surface area contributed by atoms with Crippen LogP contribution in [0.5, 0.6) is 0 Å². The summed E-state index contributed by atoms with van der Waals surface area (Å²) in [5, 5.41) is 0. The highest BCUT2D eigenvalue weighted by atomic mass is 32.2. The Morgan fingerprint density at radius 2 is 2.42 bits per heavy atom. The van der Waals surface area contributed by atoms with Gasteiger partial charge in [-0.25, -0.2) is 4.99 Å². The van der Waals surface area contributed by atoms with E-state index in [0.29, 0.717) is 0 Å². The number of thioether (sulfide) groups is 1. The molecule has 1 aliphatic heterocycles. The fraction of sp³-hybridized carbons (Fsp3) is 0.750. The summed E-state index contributed by atoms with van der Waals surface area (Å²) >= 11 is 6.57. The highest BCUT2D eigenvalue weighted by molar-refractivity contribution is 8.23. The van der Waals surface area contributed by atoms with E-state index in [1.165, 1.54) is 5.71 Å². The first-order chi connectivity index (χ1) is 5.83. The molecule has 68 valence electrons. The summed E-state index contributed by atoms with van der Waals surface area (Å²) in [7, 11) is 0. The van der Waals surface area contributed by atoms with Crippen LogP contribution in [0, 0.1) is 0 Å². The third-order valence-corrected chi connectivity index (χ3v) is 2.76. The minimum Gasteiger partial charge on any atom is -0.381 e. The second-order valence-electron chi connectivity index (χ2n) is 2.59. The summed E-state index contributed by atoms with van der Waals surface area (Å²) in [4.78, 5) is 4.22. The molecule has 0 atom stereocenters. The van der Waals surface area contributed by atoms with Crippen LogP contribution in [0.4, 0.5) is 0 Å². The highest BCUT2D eigenvalue weighted by Crippen LogP contribution is 2.15. The van der Waals surface area contributed by atoms with Gasteiger partial charge in [0.15, 0.2) is 4.32 Å². The molecular weight excluding hydrogens is 190 g/mol. The van der Waals surface area contributed by atoms with Gasteiger partial charge in [0.25, 0.3) is 0 Å². The SMILES string of the molecule is CCCOCCC1=NC(=S)SC1. The molecule has 0 amide bonds. The Kier molecular flexibility index (Phi) is 4.80. The van der Waals surface area contributed by atoms with E-state index in [1.807, 2.05) is 0 Å². The van der Waals surface area contributed by atoms with Crippen molar-refractivity contribution in [3.63, 3.8) is 0 Å². The summed E-state index contributed by atoms with van der Waals surface area (Å²) in [5.41, 5.74) is 1.18. The lowest BCUT2D eigenvalue weighted by Gasteiger charge is -2.00. The number of rotatable bonds is 5. The molecule has 0 aromatic carbocycles. The third kappa shape index (κ3) is 3.65. The summed E-state index contributed by atoms with van der Waals surface area (Å²) in [6, 6.07) is 0. The van der Waals surface area contributed by atoms with E-state index in [-0.39, 0.29) is 0 Å². The van der Waals surface area contributed by atoms with Crippen LogP contribution >= 0.6 is 24.0 Å². The van der Waals surface area contributed by atoms with E-state index in [0.717, 1.165) is 36.1 Å². The van der Waals surface area contributed by atoms with Gasteiger partial charge in [0.2, 0.25) is 0 Å². The third-order valence-electron chi connectivity index (χ3n) is 1.50. The molecule has 0 aromatic rings. The molecule has 12 heavy (non-hydrogen) atoms. The number of hydrogen-bond donors (Lipinski definition) is 0. The number of ether oxygens (including phenoxy) is 1. The van der Waals surface area contributed by atoms with E-state index < -0.39 is 0 Å². The Morgan fingerprint density at radius 3 is 3.00 bits per heavy atom. The summed E-state index contributed by atoms with van der Waals surface area (Å²) in [6.07, 6.45) is 2.02. The molecule has 0 spiro atoms. The Balaban J connectivity index is 2.07. The van der Waals surface area contributed by atoms with Crippen molar-refractivity contribution in [2.75, 3.05) is 19.0 Å². The van der Waals surface area contributed by atoms with Crippen LogP contribution < -0.4 is 0 Å². The average molecular weight is 203 g/mol. The van der Waals surface area contributed by atoms with Gasteiger partial charge in [-0.2, -0.15) is 0 Å². The molecule has 0 saturated carbocycles.